The summed E-state index contributed by atoms with van der Waals surface area (Å²) in [5.74, 6) is -0.511. The zero-order valence-electron chi connectivity index (χ0n) is 43.6. The van der Waals surface area contributed by atoms with Crippen LogP contribution in [0.5, 0.6) is 0 Å². The van der Waals surface area contributed by atoms with Gasteiger partial charge in [-0.1, -0.05) is 287 Å². The zero-order chi connectivity index (χ0) is 47.2. The number of allylic oxidation sites excluding steroid dienone is 7. The van der Waals surface area contributed by atoms with E-state index in [-0.39, 0.29) is 6.61 Å². The predicted octanol–water partition coefficient (Wildman–Crippen LogP) is 18.0. The van der Waals surface area contributed by atoms with E-state index in [2.05, 4.69) is 55.6 Å². The Labute approximate surface area is 406 Å². The summed E-state index contributed by atoms with van der Waals surface area (Å²) in [6.07, 6.45) is 73.5. The topological polar surface area (TPSA) is 89.8 Å². The molecule has 0 fully saturated rings. The quantitative estimate of drug-likeness (QED) is 0.0361. The number of unbranched alkanes of at least 4 members (excludes halogenated alkanes) is 39. The van der Waals surface area contributed by atoms with Crippen molar-refractivity contribution in [3.8, 4) is 0 Å². The molecule has 65 heavy (non-hydrogen) atoms. The third-order valence-corrected chi connectivity index (χ3v) is 13.4. The highest BCUT2D eigenvalue weighted by molar-refractivity contribution is 5.80. The molecule has 0 heterocycles. The monoisotopic (exact) mass is 912 g/mol. The molecule has 0 bridgehead atoms. The van der Waals surface area contributed by atoms with Crippen LogP contribution in [0.4, 0.5) is 0 Å². The average molecular weight is 913 g/mol. The van der Waals surface area contributed by atoms with E-state index in [1.807, 2.05) is 6.08 Å². The Morgan fingerprint density at radius 2 is 0.677 bits per heavy atom. The van der Waals surface area contributed by atoms with Crippen LogP contribution in [-0.2, 0) is 4.79 Å². The molecule has 1 amide bonds. The Kier molecular flexibility index (Phi) is 53.5. The third kappa shape index (κ3) is 50.0. The van der Waals surface area contributed by atoms with Crippen LogP contribution < -0.4 is 5.32 Å². The smallest absolute Gasteiger partial charge is 0.249 e. The number of carbonyl (C=O) groups is 1. The standard InChI is InChI=1S/C60H113NO4/c1-3-5-7-9-11-13-15-17-19-20-21-22-23-24-25-26-27-28-29-30-31-32-33-34-35-36-37-38-39-41-43-45-47-49-51-53-55-59(64)60(65)61-57(56-62)58(63)54-52-50-48-46-44-42-40-18-16-14-12-10-8-6-4-2/h25-26,28-29,44,46,52,54,57-59,62-64H,3-24,27,30-43,45,47-51,53,55-56H2,1-2H3,(H,61,65)/b26-25-,29-28-,46-44+,54-52+. The third-order valence-electron chi connectivity index (χ3n) is 13.4. The van der Waals surface area contributed by atoms with E-state index in [1.54, 1.807) is 6.08 Å². The van der Waals surface area contributed by atoms with Crippen molar-refractivity contribution < 1.29 is 20.1 Å². The summed E-state index contributed by atoms with van der Waals surface area (Å²) in [4.78, 5) is 12.5. The number of carbonyl (C=O) groups excluding carboxylic acids is 1. The van der Waals surface area contributed by atoms with Gasteiger partial charge in [-0.05, 0) is 64.2 Å². The minimum Gasteiger partial charge on any atom is -0.394 e. The maximum atomic E-state index is 12.5. The van der Waals surface area contributed by atoms with Gasteiger partial charge in [-0.3, -0.25) is 4.79 Å². The second-order valence-electron chi connectivity index (χ2n) is 19.8. The van der Waals surface area contributed by atoms with E-state index in [9.17, 15) is 20.1 Å². The molecule has 0 saturated carbocycles. The van der Waals surface area contributed by atoms with Gasteiger partial charge in [0.05, 0.1) is 18.8 Å². The Hall–Kier alpha value is -1.69. The van der Waals surface area contributed by atoms with Crippen LogP contribution in [0, 0.1) is 0 Å². The first kappa shape index (κ1) is 63.3. The molecule has 0 spiro atoms. The van der Waals surface area contributed by atoms with E-state index in [0.717, 1.165) is 44.9 Å². The molecule has 0 aromatic rings. The van der Waals surface area contributed by atoms with E-state index in [0.29, 0.717) is 6.42 Å². The van der Waals surface area contributed by atoms with Gasteiger partial charge in [0.2, 0.25) is 5.91 Å². The minimum absolute atomic E-state index is 0.376. The highest BCUT2D eigenvalue weighted by atomic mass is 16.3. The van der Waals surface area contributed by atoms with Gasteiger partial charge < -0.3 is 20.6 Å². The molecule has 0 aliphatic rings. The van der Waals surface area contributed by atoms with Crippen LogP contribution in [0.1, 0.15) is 303 Å². The summed E-state index contributed by atoms with van der Waals surface area (Å²) in [7, 11) is 0. The summed E-state index contributed by atoms with van der Waals surface area (Å²) >= 11 is 0. The van der Waals surface area contributed by atoms with Crippen LogP contribution in [0.15, 0.2) is 48.6 Å². The van der Waals surface area contributed by atoms with Crippen molar-refractivity contribution in [3.05, 3.63) is 48.6 Å². The van der Waals surface area contributed by atoms with Crippen molar-refractivity contribution in [1.82, 2.24) is 5.32 Å². The van der Waals surface area contributed by atoms with Gasteiger partial charge in [-0.15, -0.1) is 0 Å². The number of hydrogen-bond donors (Lipinski definition) is 4. The van der Waals surface area contributed by atoms with Crippen LogP contribution >= 0.6 is 0 Å². The van der Waals surface area contributed by atoms with Crippen LogP contribution in [0.25, 0.3) is 0 Å². The predicted molar refractivity (Wildman–Crippen MR) is 287 cm³/mol. The van der Waals surface area contributed by atoms with Crippen LogP contribution in [-0.4, -0.2) is 46.1 Å². The van der Waals surface area contributed by atoms with Crippen molar-refractivity contribution >= 4 is 5.91 Å². The fourth-order valence-electron chi connectivity index (χ4n) is 8.88. The first-order chi connectivity index (χ1) is 32.1. The van der Waals surface area contributed by atoms with Crippen molar-refractivity contribution in [2.24, 2.45) is 0 Å². The lowest BCUT2D eigenvalue weighted by atomic mass is 10.0. The highest BCUT2D eigenvalue weighted by Crippen LogP contribution is 2.17. The Morgan fingerprint density at radius 1 is 0.385 bits per heavy atom. The van der Waals surface area contributed by atoms with Crippen molar-refractivity contribution in [2.75, 3.05) is 6.61 Å². The maximum absolute atomic E-state index is 12.5. The normalized spacial score (nSPS) is 13.6. The molecule has 0 rings (SSSR count). The van der Waals surface area contributed by atoms with E-state index < -0.39 is 24.2 Å². The summed E-state index contributed by atoms with van der Waals surface area (Å²) < 4.78 is 0. The second-order valence-corrected chi connectivity index (χ2v) is 19.8. The molecule has 0 aliphatic heterocycles. The number of hydrogen-bond acceptors (Lipinski definition) is 4. The SMILES string of the molecule is CCCCCCCCCCC/C=C/CC/C=C/C(O)C(CO)NC(=O)C(O)CCCCCCCCCCCCCCCCCC/C=C\C/C=C\CCCCCCCCCCCCCCC. The highest BCUT2D eigenvalue weighted by Gasteiger charge is 2.22. The van der Waals surface area contributed by atoms with Gasteiger partial charge in [-0.25, -0.2) is 0 Å². The van der Waals surface area contributed by atoms with Gasteiger partial charge in [0.25, 0.3) is 0 Å². The van der Waals surface area contributed by atoms with Gasteiger partial charge in [0.15, 0.2) is 0 Å². The molecule has 4 N–H and O–H groups in total. The molecular formula is C60H113NO4. The Morgan fingerprint density at radius 3 is 1.03 bits per heavy atom. The van der Waals surface area contributed by atoms with Gasteiger partial charge >= 0.3 is 0 Å². The maximum Gasteiger partial charge on any atom is 0.249 e. The number of amides is 1. The lowest BCUT2D eigenvalue weighted by molar-refractivity contribution is -0.131. The number of nitrogens with one attached hydrogen (secondary N) is 1. The number of aliphatic hydroxyl groups is 3. The number of aliphatic hydroxyl groups excluding tert-OH is 3. The zero-order valence-corrected chi connectivity index (χ0v) is 43.6. The number of rotatable bonds is 53. The molecule has 3 unspecified atom stereocenters. The Balaban J connectivity index is 3.53. The fourth-order valence-corrected chi connectivity index (χ4v) is 8.88. The van der Waals surface area contributed by atoms with Crippen LogP contribution in [0.2, 0.25) is 0 Å². The largest absolute Gasteiger partial charge is 0.394 e. The minimum atomic E-state index is -1.11. The summed E-state index contributed by atoms with van der Waals surface area (Å²) in [6, 6.07) is -0.815. The average Bonchev–Trinajstić information content (AvgIpc) is 3.31. The van der Waals surface area contributed by atoms with Gasteiger partial charge in [0.1, 0.15) is 6.10 Å². The lowest BCUT2D eigenvalue weighted by Gasteiger charge is -2.21. The van der Waals surface area contributed by atoms with E-state index in [4.69, 9.17) is 0 Å². The molecule has 0 aliphatic carbocycles. The lowest BCUT2D eigenvalue weighted by Crippen LogP contribution is -2.48. The molecule has 382 valence electrons. The molecule has 0 aromatic heterocycles. The molecule has 5 nitrogen and oxygen atoms in total. The molecule has 0 saturated heterocycles. The Bertz CT molecular complexity index is 1050. The fraction of sp³-hybridized carbons (Fsp3) is 0.850. The van der Waals surface area contributed by atoms with Gasteiger partial charge in [-0.2, -0.15) is 0 Å². The molecule has 0 radical (unpaired) electrons. The summed E-state index contributed by atoms with van der Waals surface area (Å²) in [6.45, 7) is 4.19. The van der Waals surface area contributed by atoms with E-state index >= 15 is 0 Å². The van der Waals surface area contributed by atoms with Crippen molar-refractivity contribution in [2.45, 2.75) is 321 Å². The molecule has 5 heteroatoms. The first-order valence-corrected chi connectivity index (χ1v) is 29.0. The van der Waals surface area contributed by atoms with E-state index in [1.165, 1.54) is 238 Å². The molecule has 0 aromatic carbocycles. The summed E-state index contributed by atoms with van der Waals surface area (Å²) in [5, 5.41) is 33.3. The summed E-state index contributed by atoms with van der Waals surface area (Å²) in [5.41, 5.74) is 0. The van der Waals surface area contributed by atoms with Gasteiger partial charge in [0, 0.05) is 0 Å². The van der Waals surface area contributed by atoms with Crippen molar-refractivity contribution in [1.29, 1.82) is 0 Å². The second kappa shape index (κ2) is 54.9. The first-order valence-electron chi connectivity index (χ1n) is 29.0. The van der Waals surface area contributed by atoms with Crippen molar-refractivity contribution in [3.63, 3.8) is 0 Å². The van der Waals surface area contributed by atoms with Crippen LogP contribution in [0.3, 0.4) is 0 Å². The molecule has 3 atom stereocenters. The molecular weight excluding hydrogens is 799 g/mol.